The highest BCUT2D eigenvalue weighted by molar-refractivity contribution is 6.31. The number of carbonyl (C=O) groups is 1. The summed E-state index contributed by atoms with van der Waals surface area (Å²) in [5.41, 5.74) is 1.74. The number of aliphatic hydroxyl groups excluding tert-OH is 1. The lowest BCUT2D eigenvalue weighted by atomic mass is 9.94. The van der Waals surface area contributed by atoms with Gasteiger partial charge in [-0.25, -0.2) is 0 Å². The van der Waals surface area contributed by atoms with Gasteiger partial charge in [0.1, 0.15) is 0 Å². The molecular formula is C17H25ClN2O2. The van der Waals surface area contributed by atoms with Crippen molar-refractivity contribution in [1.29, 1.82) is 0 Å². The zero-order valence-corrected chi connectivity index (χ0v) is 13.9. The fourth-order valence-corrected chi connectivity index (χ4v) is 3.24. The molecule has 0 aromatic heterocycles. The van der Waals surface area contributed by atoms with Gasteiger partial charge in [0.25, 0.3) is 0 Å². The summed E-state index contributed by atoms with van der Waals surface area (Å²) in [6.07, 6.45) is 5.92. The van der Waals surface area contributed by atoms with Crippen molar-refractivity contribution in [3.63, 3.8) is 0 Å². The van der Waals surface area contributed by atoms with E-state index in [1.165, 1.54) is 19.3 Å². The van der Waals surface area contributed by atoms with E-state index in [4.69, 9.17) is 11.6 Å². The monoisotopic (exact) mass is 324 g/mol. The van der Waals surface area contributed by atoms with Crippen LogP contribution >= 0.6 is 11.6 Å². The second-order valence-electron chi connectivity index (χ2n) is 5.99. The molecule has 2 N–H and O–H groups in total. The first-order valence-electron chi connectivity index (χ1n) is 8.01. The number of anilines is 1. The first-order chi connectivity index (χ1) is 10.6. The molecule has 22 heavy (non-hydrogen) atoms. The fourth-order valence-electron chi connectivity index (χ4n) is 3.07. The SMILES string of the molecule is Cc1ccc(Cl)cc1NC(=O)CN(CCO)C1CCCCC1. The Morgan fingerprint density at radius 2 is 2.09 bits per heavy atom. The predicted octanol–water partition coefficient (Wildman–Crippen LogP) is 3.21. The van der Waals surface area contributed by atoms with Crippen molar-refractivity contribution in [2.24, 2.45) is 0 Å². The van der Waals surface area contributed by atoms with E-state index in [9.17, 15) is 9.90 Å². The second-order valence-corrected chi connectivity index (χ2v) is 6.43. The third kappa shape index (κ3) is 4.97. The third-order valence-electron chi connectivity index (χ3n) is 4.30. The fraction of sp³-hybridized carbons (Fsp3) is 0.588. The smallest absolute Gasteiger partial charge is 0.238 e. The summed E-state index contributed by atoms with van der Waals surface area (Å²) in [6.45, 7) is 2.89. The van der Waals surface area contributed by atoms with Crippen molar-refractivity contribution in [1.82, 2.24) is 4.90 Å². The molecule has 4 nitrogen and oxygen atoms in total. The van der Waals surface area contributed by atoms with E-state index in [1.807, 2.05) is 19.1 Å². The van der Waals surface area contributed by atoms with Crippen molar-refractivity contribution in [2.45, 2.75) is 45.1 Å². The molecule has 1 aromatic carbocycles. The first-order valence-corrected chi connectivity index (χ1v) is 8.39. The maximum Gasteiger partial charge on any atom is 0.238 e. The predicted molar refractivity (Wildman–Crippen MR) is 90.4 cm³/mol. The van der Waals surface area contributed by atoms with Crippen LogP contribution in [-0.2, 0) is 4.79 Å². The summed E-state index contributed by atoms with van der Waals surface area (Å²) in [6, 6.07) is 5.88. The minimum Gasteiger partial charge on any atom is -0.395 e. The molecule has 0 unspecified atom stereocenters. The summed E-state index contributed by atoms with van der Waals surface area (Å²) in [7, 11) is 0. The molecule has 1 aromatic rings. The van der Waals surface area contributed by atoms with Gasteiger partial charge in [0, 0.05) is 23.3 Å². The van der Waals surface area contributed by atoms with Crippen LogP contribution < -0.4 is 5.32 Å². The number of amides is 1. The quantitative estimate of drug-likeness (QED) is 0.844. The highest BCUT2D eigenvalue weighted by Gasteiger charge is 2.22. The maximum atomic E-state index is 12.3. The van der Waals surface area contributed by atoms with Gasteiger partial charge in [-0.15, -0.1) is 0 Å². The van der Waals surface area contributed by atoms with Crippen molar-refractivity contribution >= 4 is 23.2 Å². The highest BCUT2D eigenvalue weighted by atomic mass is 35.5. The number of aliphatic hydroxyl groups is 1. The van der Waals surface area contributed by atoms with Crippen LogP contribution in [0.4, 0.5) is 5.69 Å². The number of nitrogens with zero attached hydrogens (tertiary/aromatic N) is 1. The molecule has 1 saturated carbocycles. The van der Waals surface area contributed by atoms with Crippen LogP contribution in [0.1, 0.15) is 37.7 Å². The molecular weight excluding hydrogens is 300 g/mol. The molecule has 122 valence electrons. The van der Waals surface area contributed by atoms with Crippen molar-refractivity contribution in [3.8, 4) is 0 Å². The lowest BCUT2D eigenvalue weighted by Crippen LogP contribution is -2.43. The van der Waals surface area contributed by atoms with Crippen molar-refractivity contribution < 1.29 is 9.90 Å². The molecule has 0 bridgehead atoms. The van der Waals surface area contributed by atoms with Crippen molar-refractivity contribution in [2.75, 3.05) is 25.0 Å². The van der Waals surface area contributed by atoms with Gasteiger partial charge in [0.15, 0.2) is 0 Å². The number of hydrogen-bond acceptors (Lipinski definition) is 3. The van der Waals surface area contributed by atoms with E-state index in [1.54, 1.807) is 6.07 Å². The Bertz CT molecular complexity index is 501. The van der Waals surface area contributed by atoms with E-state index in [2.05, 4.69) is 10.2 Å². The molecule has 0 aliphatic heterocycles. The van der Waals surface area contributed by atoms with Crippen LogP contribution in [0.3, 0.4) is 0 Å². The van der Waals surface area contributed by atoms with Crippen LogP contribution in [0.25, 0.3) is 0 Å². The number of rotatable bonds is 6. The van der Waals surface area contributed by atoms with Gasteiger partial charge >= 0.3 is 0 Å². The van der Waals surface area contributed by atoms with Gasteiger partial charge in [0.2, 0.25) is 5.91 Å². The van der Waals surface area contributed by atoms with E-state index >= 15 is 0 Å². The number of aryl methyl sites for hydroxylation is 1. The molecule has 0 saturated heterocycles. The Morgan fingerprint density at radius 1 is 1.36 bits per heavy atom. The molecule has 0 spiro atoms. The number of hydrogen-bond donors (Lipinski definition) is 2. The summed E-state index contributed by atoms with van der Waals surface area (Å²) < 4.78 is 0. The number of nitrogens with one attached hydrogen (secondary N) is 1. The van der Waals surface area contributed by atoms with Gasteiger partial charge in [-0.05, 0) is 37.5 Å². The number of halogens is 1. The van der Waals surface area contributed by atoms with Gasteiger partial charge in [-0.2, -0.15) is 0 Å². The molecule has 2 rings (SSSR count). The van der Waals surface area contributed by atoms with Gasteiger partial charge < -0.3 is 10.4 Å². The van der Waals surface area contributed by atoms with Crippen LogP contribution in [0, 0.1) is 6.92 Å². The van der Waals surface area contributed by atoms with Crippen LogP contribution in [0.5, 0.6) is 0 Å². The lowest BCUT2D eigenvalue weighted by molar-refractivity contribution is -0.118. The summed E-state index contributed by atoms with van der Waals surface area (Å²) in [5.74, 6) is -0.0515. The Labute approximate surface area is 137 Å². The van der Waals surface area contributed by atoms with E-state index in [0.29, 0.717) is 24.2 Å². The minimum absolute atomic E-state index is 0.0515. The van der Waals surface area contributed by atoms with Gasteiger partial charge in [-0.1, -0.05) is 36.9 Å². The molecule has 1 fully saturated rings. The molecule has 1 aliphatic carbocycles. The number of benzene rings is 1. The lowest BCUT2D eigenvalue weighted by Gasteiger charge is -2.33. The van der Waals surface area contributed by atoms with Crippen LogP contribution in [-0.4, -0.2) is 41.7 Å². The summed E-state index contributed by atoms with van der Waals surface area (Å²) >= 11 is 5.98. The normalized spacial score (nSPS) is 16.0. The summed E-state index contributed by atoms with van der Waals surface area (Å²) in [5, 5.41) is 12.8. The van der Waals surface area contributed by atoms with Crippen LogP contribution in [0.2, 0.25) is 5.02 Å². The largest absolute Gasteiger partial charge is 0.395 e. The zero-order chi connectivity index (χ0) is 15.9. The topological polar surface area (TPSA) is 52.6 Å². The standard InChI is InChI=1S/C17H25ClN2O2/c1-13-7-8-14(18)11-16(13)19-17(22)12-20(9-10-21)15-5-3-2-4-6-15/h7-8,11,15,21H,2-6,9-10,12H2,1H3,(H,19,22). The zero-order valence-electron chi connectivity index (χ0n) is 13.1. The average molecular weight is 325 g/mol. The van der Waals surface area contributed by atoms with E-state index in [0.717, 1.165) is 24.1 Å². The minimum atomic E-state index is -0.0515. The first kappa shape index (κ1) is 17.3. The Kier molecular flexibility index (Phi) is 6.68. The Balaban J connectivity index is 1.96. The Hall–Kier alpha value is -1.10. The van der Waals surface area contributed by atoms with Gasteiger partial charge in [-0.3, -0.25) is 9.69 Å². The molecule has 0 heterocycles. The third-order valence-corrected chi connectivity index (χ3v) is 4.53. The average Bonchev–Trinajstić information content (AvgIpc) is 2.51. The van der Waals surface area contributed by atoms with E-state index in [-0.39, 0.29) is 12.5 Å². The van der Waals surface area contributed by atoms with Crippen LogP contribution in [0.15, 0.2) is 18.2 Å². The molecule has 0 atom stereocenters. The Morgan fingerprint density at radius 3 is 2.77 bits per heavy atom. The molecule has 0 radical (unpaired) electrons. The molecule has 5 heteroatoms. The number of carbonyl (C=O) groups excluding carboxylic acids is 1. The molecule has 1 aliphatic rings. The maximum absolute atomic E-state index is 12.3. The van der Waals surface area contributed by atoms with Crippen molar-refractivity contribution in [3.05, 3.63) is 28.8 Å². The molecule has 1 amide bonds. The van der Waals surface area contributed by atoms with E-state index < -0.39 is 0 Å². The highest BCUT2D eigenvalue weighted by Crippen LogP contribution is 2.23. The second kappa shape index (κ2) is 8.51. The van der Waals surface area contributed by atoms with Gasteiger partial charge in [0.05, 0.1) is 13.2 Å². The summed E-state index contributed by atoms with van der Waals surface area (Å²) in [4.78, 5) is 14.4.